The van der Waals surface area contributed by atoms with Gasteiger partial charge in [0.1, 0.15) is 5.69 Å². The zero-order chi connectivity index (χ0) is 18.1. The van der Waals surface area contributed by atoms with Crippen molar-refractivity contribution in [2.45, 2.75) is 0 Å². The summed E-state index contributed by atoms with van der Waals surface area (Å²) in [6.07, 6.45) is 0. The van der Waals surface area contributed by atoms with Crippen LogP contribution < -0.4 is 5.32 Å². The van der Waals surface area contributed by atoms with Gasteiger partial charge in [-0.05, 0) is 36.4 Å². The molecule has 0 atom stereocenters. The Morgan fingerprint density at radius 1 is 0.692 bits per heavy atom. The highest BCUT2D eigenvalue weighted by atomic mass is 35.5. The number of rotatable bonds is 3. The van der Waals surface area contributed by atoms with E-state index >= 15 is 0 Å². The van der Waals surface area contributed by atoms with E-state index in [2.05, 4.69) is 15.5 Å². The summed E-state index contributed by atoms with van der Waals surface area (Å²) in [6, 6.07) is 20.8. The molecule has 0 unspecified atom stereocenters. The van der Waals surface area contributed by atoms with E-state index in [0.717, 1.165) is 22.0 Å². The largest absolute Gasteiger partial charge is 0.338 e. The number of para-hydroxylation sites is 1. The highest BCUT2D eigenvalue weighted by molar-refractivity contribution is 6.43. The molecular formula is C20H12Cl3N3. The molecule has 3 aromatic carbocycles. The first kappa shape index (κ1) is 17.1. The van der Waals surface area contributed by atoms with Crippen molar-refractivity contribution in [1.29, 1.82) is 0 Å². The summed E-state index contributed by atoms with van der Waals surface area (Å²) in [5, 5.41) is 15.4. The Bertz CT molecular complexity index is 1080. The van der Waals surface area contributed by atoms with Gasteiger partial charge in [0.2, 0.25) is 0 Å². The summed E-state index contributed by atoms with van der Waals surface area (Å²) in [7, 11) is 0. The number of anilines is 2. The van der Waals surface area contributed by atoms with Crippen LogP contribution in [0.1, 0.15) is 0 Å². The minimum absolute atomic E-state index is 0.463. The minimum atomic E-state index is 0.463. The summed E-state index contributed by atoms with van der Waals surface area (Å²) >= 11 is 18.5. The van der Waals surface area contributed by atoms with Crippen LogP contribution in [0.2, 0.25) is 15.1 Å². The van der Waals surface area contributed by atoms with Crippen LogP contribution in [0.15, 0.2) is 66.7 Å². The molecule has 0 aliphatic rings. The van der Waals surface area contributed by atoms with Gasteiger partial charge in [0.25, 0.3) is 0 Å². The average Bonchev–Trinajstić information content (AvgIpc) is 2.65. The van der Waals surface area contributed by atoms with E-state index in [1.54, 1.807) is 6.07 Å². The first-order valence-electron chi connectivity index (χ1n) is 7.85. The van der Waals surface area contributed by atoms with Gasteiger partial charge in [-0.3, -0.25) is 0 Å². The number of halogens is 3. The molecule has 1 aromatic heterocycles. The second kappa shape index (κ2) is 7.12. The Hall–Kier alpha value is -2.33. The second-order valence-corrected chi connectivity index (χ2v) is 6.96. The maximum atomic E-state index is 6.26. The fourth-order valence-corrected chi connectivity index (χ4v) is 3.17. The quantitative estimate of drug-likeness (QED) is 0.402. The summed E-state index contributed by atoms with van der Waals surface area (Å²) in [5.74, 6) is 0.613. The highest BCUT2D eigenvalue weighted by Crippen LogP contribution is 2.36. The van der Waals surface area contributed by atoms with Crippen molar-refractivity contribution in [3.63, 3.8) is 0 Å². The molecule has 4 rings (SSSR count). The van der Waals surface area contributed by atoms with Gasteiger partial charge in [-0.15, -0.1) is 10.2 Å². The number of hydrogen-bond donors (Lipinski definition) is 1. The van der Waals surface area contributed by atoms with E-state index in [-0.39, 0.29) is 0 Å². The Kier molecular flexibility index (Phi) is 4.68. The molecular weight excluding hydrogens is 389 g/mol. The predicted octanol–water partition coefficient (Wildman–Crippen LogP) is 7.00. The van der Waals surface area contributed by atoms with Gasteiger partial charge >= 0.3 is 0 Å². The summed E-state index contributed by atoms with van der Waals surface area (Å²) < 4.78 is 0. The van der Waals surface area contributed by atoms with Gasteiger partial charge in [0.05, 0.1) is 10.0 Å². The molecule has 128 valence electrons. The molecule has 1 N–H and O–H groups in total. The number of hydrogen-bond acceptors (Lipinski definition) is 3. The van der Waals surface area contributed by atoms with E-state index in [9.17, 15) is 0 Å². The lowest BCUT2D eigenvalue weighted by atomic mass is 10.0. The van der Waals surface area contributed by atoms with Gasteiger partial charge < -0.3 is 5.32 Å². The van der Waals surface area contributed by atoms with E-state index in [1.807, 2.05) is 60.7 Å². The smallest absolute Gasteiger partial charge is 0.161 e. The lowest BCUT2D eigenvalue weighted by Gasteiger charge is -2.12. The van der Waals surface area contributed by atoms with Crippen molar-refractivity contribution in [2.75, 3.05) is 5.32 Å². The van der Waals surface area contributed by atoms with Crippen LogP contribution in [-0.2, 0) is 0 Å². The van der Waals surface area contributed by atoms with E-state index in [1.165, 1.54) is 0 Å². The predicted molar refractivity (Wildman–Crippen MR) is 110 cm³/mol. The first-order valence-corrected chi connectivity index (χ1v) is 8.98. The summed E-state index contributed by atoms with van der Waals surface area (Å²) in [6.45, 7) is 0. The Balaban J connectivity index is 1.91. The third-order valence-corrected chi connectivity index (χ3v) is 4.95. The highest BCUT2D eigenvalue weighted by Gasteiger charge is 2.14. The lowest BCUT2D eigenvalue weighted by molar-refractivity contribution is 1.06. The molecule has 6 heteroatoms. The average molecular weight is 401 g/mol. The Morgan fingerprint density at radius 2 is 1.35 bits per heavy atom. The first-order chi connectivity index (χ1) is 12.6. The molecule has 0 fully saturated rings. The number of nitrogens with one attached hydrogen (secondary N) is 1. The summed E-state index contributed by atoms with van der Waals surface area (Å²) in [5.41, 5.74) is 2.53. The molecule has 0 spiro atoms. The molecule has 26 heavy (non-hydrogen) atoms. The molecule has 1 heterocycles. The fraction of sp³-hybridized carbons (Fsp3) is 0. The van der Waals surface area contributed by atoms with Crippen LogP contribution in [0, 0.1) is 0 Å². The molecule has 4 aromatic rings. The number of nitrogens with zero attached hydrogens (tertiary/aromatic N) is 2. The van der Waals surface area contributed by atoms with Gasteiger partial charge in [-0.1, -0.05) is 65.1 Å². The third-order valence-electron chi connectivity index (χ3n) is 3.97. The number of aromatic nitrogens is 2. The molecule has 3 nitrogen and oxygen atoms in total. The molecule has 0 radical (unpaired) electrons. The fourth-order valence-electron chi connectivity index (χ4n) is 2.72. The van der Waals surface area contributed by atoms with Crippen molar-refractivity contribution in [1.82, 2.24) is 10.2 Å². The third kappa shape index (κ3) is 3.34. The molecule has 0 bridgehead atoms. The van der Waals surface area contributed by atoms with Gasteiger partial charge in [-0.2, -0.15) is 0 Å². The van der Waals surface area contributed by atoms with Crippen molar-refractivity contribution in [3.05, 3.63) is 81.8 Å². The second-order valence-electron chi connectivity index (χ2n) is 5.71. The number of benzene rings is 3. The van der Waals surface area contributed by atoms with Crippen LogP contribution in [0.5, 0.6) is 0 Å². The van der Waals surface area contributed by atoms with Gasteiger partial charge in [0.15, 0.2) is 5.82 Å². The normalized spacial score (nSPS) is 10.9. The van der Waals surface area contributed by atoms with E-state index in [0.29, 0.717) is 26.6 Å². The summed E-state index contributed by atoms with van der Waals surface area (Å²) in [4.78, 5) is 0. The maximum absolute atomic E-state index is 6.26. The van der Waals surface area contributed by atoms with Crippen LogP contribution in [-0.4, -0.2) is 10.2 Å². The van der Waals surface area contributed by atoms with Gasteiger partial charge in [-0.25, -0.2) is 0 Å². The van der Waals surface area contributed by atoms with E-state index in [4.69, 9.17) is 34.8 Å². The molecule has 0 aliphatic carbocycles. The topological polar surface area (TPSA) is 37.8 Å². The maximum Gasteiger partial charge on any atom is 0.161 e. The SMILES string of the molecule is Clc1ccc(-c2nnc(Nc3ccccc3)c3cc(Cl)c(Cl)cc23)cc1. The van der Waals surface area contributed by atoms with E-state index < -0.39 is 0 Å². The Labute approximate surface area is 165 Å². The number of fused-ring (bicyclic) bond motifs is 1. The minimum Gasteiger partial charge on any atom is -0.338 e. The van der Waals surface area contributed by atoms with Gasteiger partial charge in [0, 0.05) is 27.0 Å². The molecule has 0 saturated heterocycles. The lowest BCUT2D eigenvalue weighted by Crippen LogP contribution is -1.99. The zero-order valence-corrected chi connectivity index (χ0v) is 15.6. The van der Waals surface area contributed by atoms with Crippen molar-refractivity contribution in [2.24, 2.45) is 0 Å². The standard InChI is InChI=1S/C20H12Cl3N3/c21-13-8-6-12(7-9-13)19-15-10-17(22)18(23)11-16(15)20(26-25-19)24-14-4-2-1-3-5-14/h1-11H,(H,24,26). The Morgan fingerprint density at radius 3 is 2.04 bits per heavy atom. The van der Waals surface area contributed by atoms with Crippen molar-refractivity contribution in [3.8, 4) is 11.3 Å². The molecule has 0 aliphatic heterocycles. The van der Waals surface area contributed by atoms with Crippen LogP contribution in [0.25, 0.3) is 22.0 Å². The van der Waals surface area contributed by atoms with Crippen LogP contribution in [0.3, 0.4) is 0 Å². The molecule has 0 amide bonds. The molecule has 0 saturated carbocycles. The van der Waals surface area contributed by atoms with Crippen LogP contribution in [0.4, 0.5) is 11.5 Å². The zero-order valence-electron chi connectivity index (χ0n) is 13.4. The van der Waals surface area contributed by atoms with Crippen molar-refractivity contribution < 1.29 is 0 Å². The van der Waals surface area contributed by atoms with Crippen molar-refractivity contribution >= 4 is 57.1 Å². The monoisotopic (exact) mass is 399 g/mol. The van der Waals surface area contributed by atoms with Crippen LogP contribution >= 0.6 is 34.8 Å².